The van der Waals surface area contributed by atoms with Crippen molar-refractivity contribution >= 4 is 0 Å². The Morgan fingerprint density at radius 3 is 2.50 bits per heavy atom. The smallest absolute Gasteiger partial charge is 0.119 e. The van der Waals surface area contributed by atoms with Gasteiger partial charge in [-0.3, -0.25) is 0 Å². The van der Waals surface area contributed by atoms with Crippen molar-refractivity contribution in [2.45, 2.75) is 19.9 Å². The van der Waals surface area contributed by atoms with Gasteiger partial charge in [0.15, 0.2) is 0 Å². The molecule has 0 radical (unpaired) electrons. The minimum absolute atomic E-state index is 0.597. The van der Waals surface area contributed by atoms with Crippen LogP contribution in [0.25, 0.3) is 0 Å². The Morgan fingerprint density at radius 1 is 1.36 bits per heavy atom. The molecular formula is C12H17NO. The van der Waals surface area contributed by atoms with Crippen LogP contribution >= 0.6 is 0 Å². The summed E-state index contributed by atoms with van der Waals surface area (Å²) in [6.07, 6.45) is 1.32. The van der Waals surface area contributed by atoms with Crippen molar-refractivity contribution in [1.82, 2.24) is 0 Å². The Balaban J connectivity index is 1.84. The Morgan fingerprint density at radius 2 is 2.00 bits per heavy atom. The summed E-state index contributed by atoms with van der Waals surface area (Å²) >= 11 is 0. The van der Waals surface area contributed by atoms with Gasteiger partial charge in [0.25, 0.3) is 0 Å². The standard InChI is InChI=1S/C12H17NO/c1-9-6-11(9)8-14-12-4-2-10(7-13)3-5-12/h2-5,9,11H,6-8,13H2,1H3. The molecule has 0 aliphatic heterocycles. The maximum Gasteiger partial charge on any atom is 0.119 e. The van der Waals surface area contributed by atoms with E-state index in [1.165, 1.54) is 6.42 Å². The Kier molecular flexibility index (Phi) is 2.73. The first-order chi connectivity index (χ1) is 6.79. The molecule has 2 atom stereocenters. The fourth-order valence-corrected chi connectivity index (χ4v) is 1.56. The molecule has 0 saturated heterocycles. The fourth-order valence-electron chi connectivity index (χ4n) is 1.56. The molecule has 0 aromatic heterocycles. The summed E-state index contributed by atoms with van der Waals surface area (Å²) in [5.74, 6) is 2.60. The average molecular weight is 191 g/mol. The number of hydrogen-bond donors (Lipinski definition) is 1. The first kappa shape index (κ1) is 9.53. The molecule has 1 aliphatic rings. The van der Waals surface area contributed by atoms with Gasteiger partial charge in [-0.25, -0.2) is 0 Å². The number of nitrogens with two attached hydrogens (primary N) is 1. The highest BCUT2D eigenvalue weighted by Gasteiger charge is 2.32. The van der Waals surface area contributed by atoms with Gasteiger partial charge < -0.3 is 10.5 Å². The summed E-state index contributed by atoms with van der Waals surface area (Å²) in [5.41, 5.74) is 6.66. The summed E-state index contributed by atoms with van der Waals surface area (Å²) in [6, 6.07) is 8.03. The molecule has 76 valence electrons. The molecule has 0 heterocycles. The number of ether oxygens (including phenoxy) is 1. The third kappa shape index (κ3) is 2.26. The number of hydrogen-bond acceptors (Lipinski definition) is 2. The third-order valence-electron chi connectivity index (χ3n) is 2.90. The molecule has 2 N–H and O–H groups in total. The van der Waals surface area contributed by atoms with Crippen molar-refractivity contribution in [2.24, 2.45) is 17.6 Å². The Bertz CT molecular complexity index is 294. The highest BCUT2D eigenvalue weighted by atomic mass is 16.5. The van der Waals surface area contributed by atoms with E-state index in [-0.39, 0.29) is 0 Å². The highest BCUT2D eigenvalue weighted by Crippen LogP contribution is 2.37. The normalized spacial score (nSPS) is 24.7. The van der Waals surface area contributed by atoms with Crippen LogP contribution in [0.4, 0.5) is 0 Å². The zero-order valence-electron chi connectivity index (χ0n) is 8.57. The molecule has 2 rings (SSSR count). The van der Waals surface area contributed by atoms with Crippen LogP contribution in [0.2, 0.25) is 0 Å². The summed E-state index contributed by atoms with van der Waals surface area (Å²) in [4.78, 5) is 0. The van der Waals surface area contributed by atoms with E-state index in [1.54, 1.807) is 0 Å². The predicted octanol–water partition coefficient (Wildman–Crippen LogP) is 2.18. The molecule has 1 aliphatic carbocycles. The summed E-state index contributed by atoms with van der Waals surface area (Å²) in [7, 11) is 0. The lowest BCUT2D eigenvalue weighted by Crippen LogP contribution is -2.01. The van der Waals surface area contributed by atoms with Crippen molar-refractivity contribution in [3.63, 3.8) is 0 Å². The maximum absolute atomic E-state index is 5.66. The molecule has 0 amide bonds. The van der Waals surface area contributed by atoms with Crippen molar-refractivity contribution in [3.05, 3.63) is 29.8 Å². The lowest BCUT2D eigenvalue weighted by Gasteiger charge is -2.05. The zero-order valence-corrected chi connectivity index (χ0v) is 8.57. The second-order valence-corrected chi connectivity index (χ2v) is 4.13. The molecule has 2 heteroatoms. The van der Waals surface area contributed by atoms with Crippen LogP contribution < -0.4 is 10.5 Å². The van der Waals surface area contributed by atoms with Gasteiger partial charge in [-0.2, -0.15) is 0 Å². The van der Waals surface area contributed by atoms with Crippen LogP contribution in [0.3, 0.4) is 0 Å². The second-order valence-electron chi connectivity index (χ2n) is 4.13. The van der Waals surface area contributed by atoms with Gasteiger partial charge in [0, 0.05) is 6.54 Å². The fraction of sp³-hybridized carbons (Fsp3) is 0.500. The predicted molar refractivity (Wildman–Crippen MR) is 57.1 cm³/mol. The maximum atomic E-state index is 5.66. The van der Waals surface area contributed by atoms with Crippen LogP contribution in [0.1, 0.15) is 18.9 Å². The minimum Gasteiger partial charge on any atom is -0.493 e. The quantitative estimate of drug-likeness (QED) is 0.791. The van der Waals surface area contributed by atoms with E-state index in [1.807, 2.05) is 24.3 Å². The van der Waals surface area contributed by atoms with Gasteiger partial charge in [0.1, 0.15) is 5.75 Å². The molecule has 2 nitrogen and oxygen atoms in total. The van der Waals surface area contributed by atoms with Gasteiger partial charge in [-0.1, -0.05) is 19.1 Å². The van der Waals surface area contributed by atoms with E-state index in [2.05, 4.69) is 6.92 Å². The molecule has 0 bridgehead atoms. The Labute approximate surface area is 85.1 Å². The SMILES string of the molecule is CC1CC1COc1ccc(CN)cc1. The van der Waals surface area contributed by atoms with Crippen molar-refractivity contribution in [3.8, 4) is 5.75 Å². The van der Waals surface area contributed by atoms with Gasteiger partial charge in [-0.05, 0) is 36.0 Å². The first-order valence-electron chi connectivity index (χ1n) is 5.21. The Hall–Kier alpha value is -1.02. The summed E-state index contributed by atoms with van der Waals surface area (Å²) in [6.45, 7) is 3.73. The van der Waals surface area contributed by atoms with E-state index in [0.29, 0.717) is 6.54 Å². The molecular weight excluding hydrogens is 174 g/mol. The van der Waals surface area contributed by atoms with E-state index >= 15 is 0 Å². The second kappa shape index (κ2) is 4.01. The van der Waals surface area contributed by atoms with E-state index in [9.17, 15) is 0 Å². The van der Waals surface area contributed by atoms with E-state index in [4.69, 9.17) is 10.5 Å². The van der Waals surface area contributed by atoms with Crippen LogP contribution in [-0.4, -0.2) is 6.61 Å². The lowest BCUT2D eigenvalue weighted by molar-refractivity contribution is 0.293. The van der Waals surface area contributed by atoms with Gasteiger partial charge >= 0.3 is 0 Å². The van der Waals surface area contributed by atoms with Gasteiger partial charge in [0.05, 0.1) is 6.61 Å². The molecule has 1 fully saturated rings. The van der Waals surface area contributed by atoms with Gasteiger partial charge in [-0.15, -0.1) is 0 Å². The molecule has 14 heavy (non-hydrogen) atoms. The molecule has 1 saturated carbocycles. The third-order valence-corrected chi connectivity index (χ3v) is 2.90. The largest absolute Gasteiger partial charge is 0.493 e. The van der Waals surface area contributed by atoms with E-state index in [0.717, 1.165) is 29.8 Å². The van der Waals surface area contributed by atoms with Crippen molar-refractivity contribution < 1.29 is 4.74 Å². The number of rotatable bonds is 4. The summed E-state index contributed by atoms with van der Waals surface area (Å²) < 4.78 is 5.66. The van der Waals surface area contributed by atoms with Crippen LogP contribution in [0, 0.1) is 11.8 Å². The molecule has 2 unspecified atom stereocenters. The first-order valence-corrected chi connectivity index (χ1v) is 5.21. The molecule has 1 aromatic rings. The highest BCUT2D eigenvalue weighted by molar-refractivity contribution is 5.27. The van der Waals surface area contributed by atoms with Crippen LogP contribution in [-0.2, 0) is 6.54 Å². The monoisotopic (exact) mass is 191 g/mol. The molecule has 1 aromatic carbocycles. The van der Waals surface area contributed by atoms with Crippen LogP contribution in [0.15, 0.2) is 24.3 Å². The minimum atomic E-state index is 0.597. The van der Waals surface area contributed by atoms with E-state index < -0.39 is 0 Å². The molecule has 0 spiro atoms. The summed E-state index contributed by atoms with van der Waals surface area (Å²) in [5, 5.41) is 0. The lowest BCUT2D eigenvalue weighted by atomic mass is 10.2. The van der Waals surface area contributed by atoms with Crippen LogP contribution in [0.5, 0.6) is 5.75 Å². The number of benzene rings is 1. The van der Waals surface area contributed by atoms with Crippen molar-refractivity contribution in [1.29, 1.82) is 0 Å². The zero-order chi connectivity index (χ0) is 9.97. The average Bonchev–Trinajstić information content (AvgIpc) is 2.92. The van der Waals surface area contributed by atoms with Gasteiger partial charge in [0.2, 0.25) is 0 Å². The van der Waals surface area contributed by atoms with Crippen molar-refractivity contribution in [2.75, 3.05) is 6.61 Å². The topological polar surface area (TPSA) is 35.2 Å².